The molecule has 3 rings (SSSR count). The van der Waals surface area contributed by atoms with Gasteiger partial charge >= 0.3 is 0 Å². The van der Waals surface area contributed by atoms with Gasteiger partial charge in [0.2, 0.25) is 21.8 Å². The summed E-state index contributed by atoms with van der Waals surface area (Å²) in [5.41, 5.74) is 1.57. The molecule has 0 saturated heterocycles. The largest absolute Gasteiger partial charge is 0.497 e. The molecule has 2 amide bonds. The van der Waals surface area contributed by atoms with Gasteiger partial charge in [0.05, 0.1) is 19.1 Å². The lowest BCUT2D eigenvalue weighted by atomic mass is 10.0. The molecule has 0 aliphatic carbocycles. The molecule has 0 heterocycles. The van der Waals surface area contributed by atoms with Crippen molar-refractivity contribution in [3.63, 3.8) is 0 Å². The van der Waals surface area contributed by atoms with Crippen molar-refractivity contribution in [3.05, 3.63) is 95.6 Å². The fourth-order valence-electron chi connectivity index (χ4n) is 4.55. The second-order valence-corrected chi connectivity index (χ2v) is 12.2. The van der Waals surface area contributed by atoms with Crippen molar-refractivity contribution in [1.82, 2.24) is 10.2 Å². The predicted molar refractivity (Wildman–Crippen MR) is 159 cm³/mol. The van der Waals surface area contributed by atoms with Crippen LogP contribution in [0.25, 0.3) is 0 Å². The third kappa shape index (κ3) is 9.27. The van der Waals surface area contributed by atoms with Crippen molar-refractivity contribution in [3.8, 4) is 5.75 Å². The number of ether oxygens (including phenoxy) is 1. The smallest absolute Gasteiger partial charge is 0.243 e. The number of benzene rings is 3. The molecule has 0 aromatic heterocycles. The molecule has 226 valence electrons. The fourth-order valence-corrected chi connectivity index (χ4v) is 5.50. The van der Waals surface area contributed by atoms with Gasteiger partial charge in [0.1, 0.15) is 11.8 Å². The molecule has 3 aromatic rings. The molecular formula is C31H37F2N3O5S. The maximum atomic E-state index is 13.9. The highest BCUT2D eigenvalue weighted by molar-refractivity contribution is 7.92. The van der Waals surface area contributed by atoms with Crippen LogP contribution in [0.3, 0.4) is 0 Å². The van der Waals surface area contributed by atoms with Crippen LogP contribution in [-0.2, 0) is 32.6 Å². The first kappa shape index (κ1) is 32.5. The summed E-state index contributed by atoms with van der Waals surface area (Å²) in [6.07, 6.45) is 1.19. The highest BCUT2D eigenvalue weighted by Crippen LogP contribution is 2.23. The molecule has 1 atom stereocenters. The van der Waals surface area contributed by atoms with Gasteiger partial charge in [-0.25, -0.2) is 17.2 Å². The van der Waals surface area contributed by atoms with E-state index in [0.29, 0.717) is 5.75 Å². The molecule has 8 nitrogen and oxygen atoms in total. The SMILES string of the molecule is COc1cccc(CN(C(=O)CCCN(c2ccc(F)c(F)c2)S(C)(=O)=O)[C@H](Cc2ccccc2)C(=O)NC(C)C)c1. The summed E-state index contributed by atoms with van der Waals surface area (Å²) in [7, 11) is -2.33. The average Bonchev–Trinajstić information content (AvgIpc) is 2.94. The number of rotatable bonds is 14. The van der Waals surface area contributed by atoms with Gasteiger partial charge in [0.25, 0.3) is 0 Å². The summed E-state index contributed by atoms with van der Waals surface area (Å²) < 4.78 is 58.6. The molecule has 0 radical (unpaired) electrons. The van der Waals surface area contributed by atoms with Gasteiger partial charge in [-0.1, -0.05) is 42.5 Å². The normalized spacial score (nSPS) is 12.1. The first-order chi connectivity index (χ1) is 19.9. The number of hydrogen-bond donors (Lipinski definition) is 1. The Hall–Kier alpha value is -3.99. The van der Waals surface area contributed by atoms with Gasteiger partial charge in [-0.2, -0.15) is 0 Å². The number of anilines is 1. The zero-order valence-electron chi connectivity index (χ0n) is 24.2. The van der Waals surface area contributed by atoms with Crippen molar-refractivity contribution >= 4 is 27.5 Å². The van der Waals surface area contributed by atoms with E-state index in [1.165, 1.54) is 18.1 Å². The van der Waals surface area contributed by atoms with Gasteiger partial charge in [-0.3, -0.25) is 13.9 Å². The Bertz CT molecular complexity index is 1470. The quantitative estimate of drug-likeness (QED) is 0.290. The molecule has 0 unspecified atom stereocenters. The van der Waals surface area contributed by atoms with Gasteiger partial charge in [0.15, 0.2) is 11.6 Å². The second-order valence-electron chi connectivity index (χ2n) is 10.3. The Morgan fingerprint density at radius 3 is 2.24 bits per heavy atom. The molecule has 3 aromatic carbocycles. The highest BCUT2D eigenvalue weighted by Gasteiger charge is 2.31. The van der Waals surface area contributed by atoms with Crippen LogP contribution in [0.4, 0.5) is 14.5 Å². The molecule has 0 spiro atoms. The van der Waals surface area contributed by atoms with Crippen molar-refractivity contribution in [2.24, 2.45) is 0 Å². The third-order valence-electron chi connectivity index (χ3n) is 6.53. The Balaban J connectivity index is 1.90. The maximum absolute atomic E-state index is 13.9. The molecular weight excluding hydrogens is 564 g/mol. The zero-order chi connectivity index (χ0) is 30.9. The molecule has 0 bridgehead atoms. The van der Waals surface area contributed by atoms with Crippen molar-refractivity contribution < 1.29 is 31.5 Å². The van der Waals surface area contributed by atoms with Crippen LogP contribution in [0.2, 0.25) is 0 Å². The number of carbonyl (C=O) groups excluding carboxylic acids is 2. The molecule has 0 aliphatic heterocycles. The third-order valence-corrected chi connectivity index (χ3v) is 7.73. The Morgan fingerprint density at radius 1 is 0.929 bits per heavy atom. The minimum absolute atomic E-state index is 0.0460. The summed E-state index contributed by atoms with van der Waals surface area (Å²) >= 11 is 0. The molecule has 0 saturated carbocycles. The summed E-state index contributed by atoms with van der Waals surface area (Å²) in [4.78, 5) is 28.8. The van der Waals surface area contributed by atoms with Crippen LogP contribution in [0, 0.1) is 11.6 Å². The van der Waals surface area contributed by atoms with Gasteiger partial charge in [-0.15, -0.1) is 0 Å². The Morgan fingerprint density at radius 2 is 1.62 bits per heavy atom. The van der Waals surface area contributed by atoms with Crippen LogP contribution < -0.4 is 14.4 Å². The summed E-state index contributed by atoms with van der Waals surface area (Å²) in [5.74, 6) is -2.36. The van der Waals surface area contributed by atoms with E-state index < -0.39 is 27.7 Å². The van der Waals surface area contributed by atoms with E-state index in [1.54, 1.807) is 18.2 Å². The van der Waals surface area contributed by atoms with Crippen LogP contribution >= 0.6 is 0 Å². The van der Waals surface area contributed by atoms with Gasteiger partial charge < -0.3 is 15.0 Å². The summed E-state index contributed by atoms with van der Waals surface area (Å²) in [6, 6.07) is 18.4. The van der Waals surface area contributed by atoms with Crippen LogP contribution in [0.1, 0.15) is 37.8 Å². The van der Waals surface area contributed by atoms with Crippen molar-refractivity contribution in [1.29, 1.82) is 0 Å². The number of nitrogens with one attached hydrogen (secondary N) is 1. The standard InChI is InChI=1S/C31H37F2N3O5S/c1-22(2)34-31(38)29(19-23-10-6-5-7-11-23)35(21-24-12-8-13-26(18-24)41-3)30(37)14-9-17-36(42(4,39)40)25-15-16-27(32)28(33)20-25/h5-8,10-13,15-16,18,20,22,29H,9,14,17,19,21H2,1-4H3,(H,34,38)/t29-/m1/s1. The van der Waals surface area contributed by atoms with E-state index in [9.17, 15) is 26.8 Å². The van der Waals surface area contributed by atoms with Gasteiger partial charge in [0, 0.05) is 38.0 Å². The van der Waals surface area contributed by atoms with E-state index >= 15 is 0 Å². The number of methoxy groups -OCH3 is 1. The lowest BCUT2D eigenvalue weighted by Gasteiger charge is -2.32. The molecule has 0 fully saturated rings. The second kappa shape index (κ2) is 14.8. The average molecular weight is 602 g/mol. The van der Waals surface area contributed by atoms with E-state index in [0.717, 1.165) is 33.8 Å². The van der Waals surface area contributed by atoms with Gasteiger partial charge in [-0.05, 0) is 55.7 Å². The van der Waals surface area contributed by atoms with Crippen LogP contribution in [0.5, 0.6) is 5.75 Å². The Kier molecular flexibility index (Phi) is 11.4. The monoisotopic (exact) mass is 601 g/mol. The summed E-state index contributed by atoms with van der Waals surface area (Å²) in [5, 5.41) is 2.92. The predicted octanol–water partition coefficient (Wildman–Crippen LogP) is 4.68. The van der Waals surface area contributed by atoms with E-state index in [-0.39, 0.29) is 55.9 Å². The number of sulfonamides is 1. The number of amides is 2. The molecule has 42 heavy (non-hydrogen) atoms. The first-order valence-electron chi connectivity index (χ1n) is 13.6. The Labute approximate surface area is 246 Å². The van der Waals surface area contributed by atoms with Crippen molar-refractivity contribution in [2.45, 2.75) is 51.7 Å². The van der Waals surface area contributed by atoms with Crippen molar-refractivity contribution in [2.75, 3.05) is 24.2 Å². The van der Waals surface area contributed by atoms with E-state index in [2.05, 4.69) is 5.32 Å². The zero-order valence-corrected chi connectivity index (χ0v) is 25.0. The van der Waals surface area contributed by atoms with E-state index in [4.69, 9.17) is 4.74 Å². The number of halogens is 2. The number of hydrogen-bond acceptors (Lipinski definition) is 5. The summed E-state index contributed by atoms with van der Waals surface area (Å²) in [6.45, 7) is 3.63. The number of carbonyl (C=O) groups is 2. The van der Waals surface area contributed by atoms with Crippen LogP contribution in [0.15, 0.2) is 72.8 Å². The molecule has 1 N–H and O–H groups in total. The molecule has 0 aliphatic rings. The minimum atomic E-state index is -3.86. The van der Waals surface area contributed by atoms with Crippen LogP contribution in [-0.4, -0.2) is 57.1 Å². The maximum Gasteiger partial charge on any atom is 0.243 e. The lowest BCUT2D eigenvalue weighted by Crippen LogP contribution is -2.51. The topological polar surface area (TPSA) is 96.0 Å². The molecule has 11 heteroatoms. The minimum Gasteiger partial charge on any atom is -0.497 e. The van der Waals surface area contributed by atoms with E-state index in [1.807, 2.05) is 50.2 Å². The number of nitrogens with zero attached hydrogens (tertiary/aromatic N) is 2. The lowest BCUT2D eigenvalue weighted by molar-refractivity contribution is -0.141. The first-order valence-corrected chi connectivity index (χ1v) is 15.4. The highest BCUT2D eigenvalue weighted by atomic mass is 32.2. The fraction of sp³-hybridized carbons (Fsp3) is 0.355.